The van der Waals surface area contributed by atoms with Crippen molar-refractivity contribution in [2.45, 2.75) is 6.18 Å². The number of rotatable bonds is 1. The number of carbonyl (C=O) groups excluding carboxylic acids is 1. The Labute approximate surface area is 94.1 Å². The molecule has 1 N–H and O–H groups in total. The first-order chi connectivity index (χ1) is 7.91. The lowest BCUT2D eigenvalue weighted by atomic mass is 10.3. The summed E-state index contributed by atoms with van der Waals surface area (Å²) in [7, 11) is 1.42. The first-order valence-corrected chi connectivity index (χ1v) is 4.70. The highest BCUT2D eigenvalue weighted by atomic mass is 19.4. The molecule has 2 rings (SSSR count). The molecule has 0 aromatic carbocycles. The molecule has 0 aliphatic rings. The molecule has 0 atom stereocenters. The van der Waals surface area contributed by atoms with Crippen molar-refractivity contribution in [2.75, 3.05) is 7.05 Å². The standard InChI is InChI=1S/C10H8F3N3O/c1-14-9(17)7-5-16-4-6(10(11,12)13)2-3-8(16)15-7/h2-5H,1H3,(H,14,17). The van der Waals surface area contributed by atoms with E-state index in [0.717, 1.165) is 12.3 Å². The molecule has 0 spiro atoms. The third-order valence-corrected chi connectivity index (χ3v) is 2.24. The van der Waals surface area contributed by atoms with E-state index in [1.165, 1.54) is 23.7 Å². The lowest BCUT2D eigenvalue weighted by Gasteiger charge is -2.05. The molecule has 2 aromatic rings. The fraction of sp³-hybridized carbons (Fsp3) is 0.200. The molecule has 0 aliphatic carbocycles. The Balaban J connectivity index is 2.52. The van der Waals surface area contributed by atoms with Gasteiger partial charge in [-0.3, -0.25) is 4.79 Å². The van der Waals surface area contributed by atoms with Crippen molar-refractivity contribution in [2.24, 2.45) is 0 Å². The Bertz CT molecular complexity index is 574. The van der Waals surface area contributed by atoms with Crippen molar-refractivity contribution in [1.82, 2.24) is 14.7 Å². The normalized spacial score (nSPS) is 11.8. The number of alkyl halides is 3. The van der Waals surface area contributed by atoms with Crippen LogP contribution in [0.5, 0.6) is 0 Å². The maximum atomic E-state index is 12.4. The van der Waals surface area contributed by atoms with E-state index in [1.807, 2.05) is 0 Å². The predicted octanol–water partition coefficient (Wildman–Crippen LogP) is 1.71. The third-order valence-electron chi connectivity index (χ3n) is 2.24. The van der Waals surface area contributed by atoms with Crippen LogP contribution in [0, 0.1) is 0 Å². The molecule has 0 aliphatic heterocycles. The zero-order chi connectivity index (χ0) is 12.6. The maximum absolute atomic E-state index is 12.4. The van der Waals surface area contributed by atoms with Crippen molar-refractivity contribution < 1.29 is 18.0 Å². The van der Waals surface area contributed by atoms with E-state index in [-0.39, 0.29) is 11.3 Å². The summed E-state index contributed by atoms with van der Waals surface area (Å²) in [4.78, 5) is 15.1. The fourth-order valence-electron chi connectivity index (χ4n) is 1.40. The lowest BCUT2D eigenvalue weighted by Crippen LogP contribution is -2.17. The number of halogens is 3. The Hall–Kier alpha value is -2.05. The van der Waals surface area contributed by atoms with Gasteiger partial charge < -0.3 is 9.72 Å². The van der Waals surface area contributed by atoms with E-state index in [9.17, 15) is 18.0 Å². The summed E-state index contributed by atoms with van der Waals surface area (Å²) in [6, 6.07) is 2.14. The number of nitrogens with zero attached hydrogens (tertiary/aromatic N) is 2. The molecule has 1 amide bonds. The first-order valence-electron chi connectivity index (χ1n) is 4.70. The van der Waals surface area contributed by atoms with E-state index in [4.69, 9.17) is 0 Å². The molecule has 4 nitrogen and oxygen atoms in total. The van der Waals surface area contributed by atoms with Gasteiger partial charge in [-0.05, 0) is 12.1 Å². The monoisotopic (exact) mass is 243 g/mol. The maximum Gasteiger partial charge on any atom is 0.417 e. The zero-order valence-corrected chi connectivity index (χ0v) is 8.75. The van der Waals surface area contributed by atoms with Crippen molar-refractivity contribution in [3.05, 3.63) is 35.8 Å². The summed E-state index contributed by atoms with van der Waals surface area (Å²) >= 11 is 0. The highest BCUT2D eigenvalue weighted by Gasteiger charge is 2.30. The number of nitrogens with one attached hydrogen (secondary N) is 1. The molecular weight excluding hydrogens is 235 g/mol. The van der Waals surface area contributed by atoms with Gasteiger partial charge in [0, 0.05) is 19.4 Å². The van der Waals surface area contributed by atoms with Crippen LogP contribution < -0.4 is 5.32 Å². The number of hydrogen-bond acceptors (Lipinski definition) is 2. The van der Waals surface area contributed by atoms with Crippen LogP contribution in [0.15, 0.2) is 24.5 Å². The van der Waals surface area contributed by atoms with Gasteiger partial charge >= 0.3 is 6.18 Å². The third kappa shape index (κ3) is 2.08. The number of imidazole rings is 1. The van der Waals surface area contributed by atoms with Crippen LogP contribution in [0.25, 0.3) is 5.65 Å². The minimum Gasteiger partial charge on any atom is -0.354 e. The van der Waals surface area contributed by atoms with Crippen LogP contribution in [-0.2, 0) is 6.18 Å². The average molecular weight is 243 g/mol. The van der Waals surface area contributed by atoms with Gasteiger partial charge in [0.25, 0.3) is 5.91 Å². The number of amides is 1. The summed E-state index contributed by atoms with van der Waals surface area (Å²) in [6.45, 7) is 0. The second kappa shape index (κ2) is 3.76. The highest BCUT2D eigenvalue weighted by Crippen LogP contribution is 2.29. The lowest BCUT2D eigenvalue weighted by molar-refractivity contribution is -0.137. The van der Waals surface area contributed by atoms with E-state index in [2.05, 4.69) is 10.3 Å². The number of fused-ring (bicyclic) bond motifs is 1. The molecule has 0 unspecified atom stereocenters. The molecule has 2 aromatic heterocycles. The quantitative estimate of drug-likeness (QED) is 0.828. The molecular formula is C10H8F3N3O. The number of pyridine rings is 1. The number of aromatic nitrogens is 2. The van der Waals surface area contributed by atoms with Crippen molar-refractivity contribution >= 4 is 11.6 Å². The topological polar surface area (TPSA) is 46.4 Å². The van der Waals surface area contributed by atoms with Crippen LogP contribution in [-0.4, -0.2) is 22.3 Å². The summed E-state index contributed by atoms with van der Waals surface area (Å²) in [5.74, 6) is -0.442. The molecule has 17 heavy (non-hydrogen) atoms. The van der Waals surface area contributed by atoms with E-state index in [0.29, 0.717) is 0 Å². The zero-order valence-electron chi connectivity index (χ0n) is 8.75. The Morgan fingerprint density at radius 2 is 2.06 bits per heavy atom. The second-order valence-corrected chi connectivity index (χ2v) is 3.39. The average Bonchev–Trinajstić information content (AvgIpc) is 2.69. The van der Waals surface area contributed by atoms with E-state index < -0.39 is 17.6 Å². The van der Waals surface area contributed by atoms with Gasteiger partial charge in [0.1, 0.15) is 11.3 Å². The fourth-order valence-corrected chi connectivity index (χ4v) is 1.40. The van der Waals surface area contributed by atoms with Crippen LogP contribution in [0.1, 0.15) is 16.1 Å². The summed E-state index contributed by atoms with van der Waals surface area (Å²) in [5, 5.41) is 2.35. The largest absolute Gasteiger partial charge is 0.417 e. The van der Waals surface area contributed by atoms with Gasteiger partial charge in [-0.15, -0.1) is 0 Å². The molecule has 0 saturated carbocycles. The Morgan fingerprint density at radius 3 is 2.65 bits per heavy atom. The molecule has 2 heterocycles. The van der Waals surface area contributed by atoms with Crippen molar-refractivity contribution in [3.63, 3.8) is 0 Å². The number of hydrogen-bond donors (Lipinski definition) is 1. The predicted molar refractivity (Wildman–Crippen MR) is 53.6 cm³/mol. The molecule has 0 saturated heterocycles. The van der Waals surface area contributed by atoms with Gasteiger partial charge in [0.05, 0.1) is 5.56 Å². The molecule has 90 valence electrons. The smallest absolute Gasteiger partial charge is 0.354 e. The molecule has 7 heteroatoms. The minimum absolute atomic E-state index is 0.0758. The van der Waals surface area contributed by atoms with Gasteiger partial charge in [-0.2, -0.15) is 13.2 Å². The Morgan fingerprint density at radius 1 is 1.35 bits per heavy atom. The van der Waals surface area contributed by atoms with Gasteiger partial charge in [0.15, 0.2) is 0 Å². The van der Waals surface area contributed by atoms with Crippen LogP contribution >= 0.6 is 0 Å². The summed E-state index contributed by atoms with van der Waals surface area (Å²) in [6.07, 6.45) is -2.26. The summed E-state index contributed by atoms with van der Waals surface area (Å²) in [5.41, 5.74) is -0.422. The highest BCUT2D eigenvalue weighted by molar-refractivity contribution is 5.92. The van der Waals surface area contributed by atoms with Crippen LogP contribution in [0.2, 0.25) is 0 Å². The molecule has 0 radical (unpaired) electrons. The minimum atomic E-state index is -4.41. The SMILES string of the molecule is CNC(=O)c1cn2cc(C(F)(F)F)ccc2n1. The van der Waals surface area contributed by atoms with E-state index >= 15 is 0 Å². The first kappa shape index (κ1) is 11.4. The Kier molecular flexibility index (Phi) is 2.53. The van der Waals surface area contributed by atoms with E-state index in [1.54, 1.807) is 0 Å². The van der Waals surface area contributed by atoms with Gasteiger partial charge in [-0.25, -0.2) is 4.98 Å². The van der Waals surface area contributed by atoms with Crippen molar-refractivity contribution in [3.8, 4) is 0 Å². The van der Waals surface area contributed by atoms with Gasteiger partial charge in [0.2, 0.25) is 0 Å². The molecule has 0 bridgehead atoms. The van der Waals surface area contributed by atoms with Gasteiger partial charge in [-0.1, -0.05) is 0 Å². The summed E-state index contributed by atoms with van der Waals surface area (Å²) < 4.78 is 38.5. The van der Waals surface area contributed by atoms with Crippen molar-refractivity contribution in [1.29, 1.82) is 0 Å². The van der Waals surface area contributed by atoms with Crippen LogP contribution in [0.3, 0.4) is 0 Å². The molecule has 0 fully saturated rings. The second-order valence-electron chi connectivity index (χ2n) is 3.39. The van der Waals surface area contributed by atoms with Crippen LogP contribution in [0.4, 0.5) is 13.2 Å². The number of carbonyl (C=O) groups is 1.